The van der Waals surface area contributed by atoms with E-state index >= 15 is 0 Å². The molecule has 0 bridgehead atoms. The van der Waals surface area contributed by atoms with E-state index in [0.717, 1.165) is 5.56 Å². The molecule has 1 aromatic carbocycles. The van der Waals surface area contributed by atoms with Crippen LogP contribution in [0.2, 0.25) is 0 Å². The van der Waals surface area contributed by atoms with E-state index in [4.69, 9.17) is 0 Å². The molecule has 0 aliphatic rings. The minimum Gasteiger partial charge on any atom is -0.381 e. The molecule has 0 saturated heterocycles. The normalized spacial score (nSPS) is 11.7. The predicted molar refractivity (Wildman–Crippen MR) is 73.3 cm³/mol. The van der Waals surface area contributed by atoms with Crippen molar-refractivity contribution in [3.05, 3.63) is 35.4 Å². The first-order valence-electron chi connectivity index (χ1n) is 6.28. The first-order chi connectivity index (χ1) is 8.21. The van der Waals surface area contributed by atoms with Crippen LogP contribution in [0.15, 0.2) is 24.3 Å². The first-order valence-corrected chi connectivity index (χ1v) is 6.28. The van der Waals surface area contributed by atoms with Crippen molar-refractivity contribution in [2.24, 2.45) is 0 Å². The van der Waals surface area contributed by atoms with Crippen LogP contribution in [0.3, 0.4) is 0 Å². The second-order valence-corrected chi connectivity index (χ2v) is 5.62. The molecule has 0 aliphatic carbocycles. The summed E-state index contributed by atoms with van der Waals surface area (Å²) in [5.41, 5.74) is 1.04. The molecule has 0 fully saturated rings. The summed E-state index contributed by atoms with van der Waals surface area (Å²) in [6, 6.07) is 8.23. The average molecular weight is 249 g/mol. The minimum atomic E-state index is -1.31. The molecular weight excluding hydrogens is 226 g/mol. The van der Waals surface area contributed by atoms with Gasteiger partial charge in [-0.3, -0.25) is 4.79 Å². The van der Waals surface area contributed by atoms with E-state index in [9.17, 15) is 9.90 Å². The summed E-state index contributed by atoms with van der Waals surface area (Å²) in [5.74, 6) is 0.241. The third kappa shape index (κ3) is 3.84. The van der Waals surface area contributed by atoms with E-state index in [0.29, 0.717) is 12.5 Å². The molecule has 0 saturated carbocycles. The zero-order chi connectivity index (χ0) is 13.9. The highest BCUT2D eigenvalue weighted by molar-refractivity contribution is 5.83. The molecule has 0 heterocycles. The number of amides is 1. The lowest BCUT2D eigenvalue weighted by Crippen LogP contribution is -2.42. The molecule has 18 heavy (non-hydrogen) atoms. The molecule has 0 atom stereocenters. The Hall–Kier alpha value is -1.35. The summed E-state index contributed by atoms with van der Waals surface area (Å²) in [7, 11) is 1.71. The van der Waals surface area contributed by atoms with Gasteiger partial charge in [-0.25, -0.2) is 0 Å². The van der Waals surface area contributed by atoms with Crippen LogP contribution >= 0.6 is 0 Å². The maximum atomic E-state index is 11.8. The molecule has 0 radical (unpaired) electrons. The van der Waals surface area contributed by atoms with Gasteiger partial charge in [0.2, 0.25) is 0 Å². The Morgan fingerprint density at radius 2 is 1.78 bits per heavy atom. The molecule has 1 aromatic rings. The van der Waals surface area contributed by atoms with Crippen LogP contribution in [-0.4, -0.2) is 28.6 Å². The van der Waals surface area contributed by atoms with E-state index in [2.05, 4.69) is 26.0 Å². The number of rotatable bonds is 4. The predicted octanol–water partition coefficient (Wildman–Crippen LogP) is 2.54. The lowest BCUT2D eigenvalue weighted by molar-refractivity contribution is -0.146. The highest BCUT2D eigenvalue weighted by Crippen LogP contribution is 2.16. The van der Waals surface area contributed by atoms with E-state index < -0.39 is 5.60 Å². The Morgan fingerprint density at radius 3 is 2.17 bits per heavy atom. The SMILES string of the molecule is CC(C)c1ccc(CN(C)C(=O)C(C)(C)O)cc1. The summed E-state index contributed by atoms with van der Waals surface area (Å²) in [6.07, 6.45) is 0. The summed E-state index contributed by atoms with van der Waals surface area (Å²) < 4.78 is 0. The van der Waals surface area contributed by atoms with Gasteiger partial charge in [0.25, 0.3) is 5.91 Å². The van der Waals surface area contributed by atoms with Crippen molar-refractivity contribution in [2.45, 2.75) is 45.8 Å². The Bertz CT molecular complexity index is 401. The van der Waals surface area contributed by atoms with E-state index in [1.807, 2.05) is 12.1 Å². The van der Waals surface area contributed by atoms with Crippen molar-refractivity contribution in [1.29, 1.82) is 0 Å². The second kappa shape index (κ2) is 5.53. The van der Waals surface area contributed by atoms with Gasteiger partial charge in [0.1, 0.15) is 5.60 Å². The highest BCUT2D eigenvalue weighted by atomic mass is 16.3. The number of hydrogen-bond donors (Lipinski definition) is 1. The zero-order valence-electron chi connectivity index (χ0n) is 11.9. The van der Waals surface area contributed by atoms with Gasteiger partial charge in [-0.2, -0.15) is 0 Å². The Balaban J connectivity index is 2.71. The molecule has 1 N–H and O–H groups in total. The Morgan fingerprint density at radius 1 is 1.28 bits per heavy atom. The number of hydrogen-bond acceptors (Lipinski definition) is 2. The summed E-state index contributed by atoms with van der Waals surface area (Å²) in [5, 5.41) is 9.66. The van der Waals surface area contributed by atoms with Crippen molar-refractivity contribution in [3.8, 4) is 0 Å². The topological polar surface area (TPSA) is 40.5 Å². The number of aliphatic hydroxyl groups is 1. The first kappa shape index (κ1) is 14.7. The maximum Gasteiger partial charge on any atom is 0.253 e. The van der Waals surface area contributed by atoms with Gasteiger partial charge in [-0.1, -0.05) is 38.1 Å². The van der Waals surface area contributed by atoms with Crippen molar-refractivity contribution in [3.63, 3.8) is 0 Å². The molecule has 0 spiro atoms. The smallest absolute Gasteiger partial charge is 0.253 e. The molecule has 3 nitrogen and oxygen atoms in total. The summed E-state index contributed by atoms with van der Waals surface area (Å²) >= 11 is 0. The van der Waals surface area contributed by atoms with Gasteiger partial charge in [0.15, 0.2) is 0 Å². The molecule has 0 aliphatic heterocycles. The van der Waals surface area contributed by atoms with Crippen LogP contribution in [0.25, 0.3) is 0 Å². The third-order valence-corrected chi connectivity index (χ3v) is 2.94. The lowest BCUT2D eigenvalue weighted by atomic mass is 10.0. The van der Waals surface area contributed by atoms with E-state index in [1.54, 1.807) is 11.9 Å². The monoisotopic (exact) mass is 249 g/mol. The quantitative estimate of drug-likeness (QED) is 0.891. The van der Waals surface area contributed by atoms with Crippen LogP contribution in [0.5, 0.6) is 0 Å². The van der Waals surface area contributed by atoms with Gasteiger partial charge < -0.3 is 10.0 Å². The lowest BCUT2D eigenvalue weighted by Gasteiger charge is -2.25. The molecular formula is C15H23NO2. The van der Waals surface area contributed by atoms with Crippen molar-refractivity contribution in [2.75, 3.05) is 7.05 Å². The fourth-order valence-electron chi connectivity index (χ4n) is 1.82. The molecule has 0 aromatic heterocycles. The van der Waals surface area contributed by atoms with Gasteiger partial charge in [-0.15, -0.1) is 0 Å². The fraction of sp³-hybridized carbons (Fsp3) is 0.533. The van der Waals surface area contributed by atoms with Gasteiger partial charge in [0.05, 0.1) is 0 Å². The Kier molecular flexibility index (Phi) is 4.52. The van der Waals surface area contributed by atoms with Crippen LogP contribution in [0, 0.1) is 0 Å². The molecule has 1 amide bonds. The number of likely N-dealkylation sites (N-methyl/N-ethyl adjacent to an activating group) is 1. The number of carbonyl (C=O) groups excluding carboxylic acids is 1. The largest absolute Gasteiger partial charge is 0.381 e. The number of carbonyl (C=O) groups is 1. The average Bonchev–Trinajstić information content (AvgIpc) is 2.27. The van der Waals surface area contributed by atoms with E-state index in [1.165, 1.54) is 19.4 Å². The minimum absolute atomic E-state index is 0.268. The van der Waals surface area contributed by atoms with Crippen molar-refractivity contribution in [1.82, 2.24) is 4.90 Å². The third-order valence-electron chi connectivity index (χ3n) is 2.94. The van der Waals surface area contributed by atoms with Gasteiger partial charge >= 0.3 is 0 Å². The van der Waals surface area contributed by atoms with Crippen molar-refractivity contribution >= 4 is 5.91 Å². The number of nitrogens with zero attached hydrogens (tertiary/aromatic N) is 1. The van der Waals surface area contributed by atoms with E-state index in [-0.39, 0.29) is 5.91 Å². The molecule has 100 valence electrons. The van der Waals surface area contributed by atoms with Crippen LogP contribution < -0.4 is 0 Å². The van der Waals surface area contributed by atoms with Gasteiger partial charge in [0, 0.05) is 13.6 Å². The number of benzene rings is 1. The van der Waals surface area contributed by atoms with Crippen molar-refractivity contribution < 1.29 is 9.90 Å². The fourth-order valence-corrected chi connectivity index (χ4v) is 1.82. The van der Waals surface area contributed by atoms with Crippen LogP contribution in [0.1, 0.15) is 44.7 Å². The standard InChI is InChI=1S/C15H23NO2/c1-11(2)13-8-6-12(7-9-13)10-16(5)14(17)15(3,4)18/h6-9,11,18H,10H2,1-5H3. The second-order valence-electron chi connectivity index (χ2n) is 5.62. The summed E-state index contributed by atoms with van der Waals surface area (Å²) in [4.78, 5) is 13.4. The van der Waals surface area contributed by atoms with Crippen LogP contribution in [-0.2, 0) is 11.3 Å². The Labute approximate surface area is 109 Å². The molecule has 1 rings (SSSR count). The molecule has 0 unspecified atom stereocenters. The zero-order valence-corrected chi connectivity index (χ0v) is 11.9. The highest BCUT2D eigenvalue weighted by Gasteiger charge is 2.27. The summed E-state index contributed by atoms with van der Waals surface area (Å²) in [6.45, 7) is 7.83. The molecule has 3 heteroatoms. The van der Waals surface area contributed by atoms with Gasteiger partial charge in [-0.05, 0) is 30.9 Å². The maximum absolute atomic E-state index is 11.8. The van der Waals surface area contributed by atoms with Crippen LogP contribution in [0.4, 0.5) is 0 Å².